The minimum atomic E-state index is -0.630. The van der Waals surface area contributed by atoms with Crippen molar-refractivity contribution in [2.45, 2.75) is 0 Å². The first kappa shape index (κ1) is 17.4. The molecule has 0 saturated carbocycles. The van der Waals surface area contributed by atoms with Crippen molar-refractivity contribution in [2.24, 2.45) is 15.4 Å². The average molecular weight is 396 g/mol. The molecule has 1 aromatic heterocycles. The van der Waals surface area contributed by atoms with Crippen LogP contribution in [0.3, 0.4) is 0 Å². The molecule has 134 valence electrons. The summed E-state index contributed by atoms with van der Waals surface area (Å²) >= 11 is 1.87. The predicted molar refractivity (Wildman–Crippen MR) is 107 cm³/mol. The van der Waals surface area contributed by atoms with Gasteiger partial charge in [-0.25, -0.2) is 14.9 Å². The largest absolute Gasteiger partial charge is 0.507 e. The summed E-state index contributed by atoms with van der Waals surface area (Å²) in [5.74, 6) is -0.603. The normalized spacial score (nSPS) is 11.4. The SMILES string of the molecule is NSOC(=O)c1cccc2c(O)ccc(N=Nc3nc4ccccc4s3)c12. The third kappa shape index (κ3) is 3.35. The molecule has 4 rings (SSSR count). The highest BCUT2D eigenvalue weighted by Crippen LogP contribution is 2.37. The molecule has 0 spiro atoms. The van der Waals surface area contributed by atoms with Crippen molar-refractivity contribution in [1.82, 2.24) is 4.98 Å². The van der Waals surface area contributed by atoms with Gasteiger partial charge >= 0.3 is 5.97 Å². The molecular formula is C18H12N4O3S2. The number of para-hydroxylation sites is 1. The fourth-order valence-corrected chi connectivity index (χ4v) is 3.68. The minimum absolute atomic E-state index is 0.0268. The van der Waals surface area contributed by atoms with Gasteiger partial charge in [-0.3, -0.25) is 0 Å². The molecule has 0 aliphatic heterocycles. The van der Waals surface area contributed by atoms with Gasteiger partial charge in [-0.1, -0.05) is 35.6 Å². The molecule has 9 heteroatoms. The molecule has 0 unspecified atom stereocenters. The van der Waals surface area contributed by atoms with E-state index in [0.717, 1.165) is 10.2 Å². The molecule has 0 aliphatic carbocycles. The first-order valence-corrected chi connectivity index (χ1v) is 9.39. The van der Waals surface area contributed by atoms with Crippen LogP contribution in [0.5, 0.6) is 5.75 Å². The monoisotopic (exact) mass is 396 g/mol. The Balaban J connectivity index is 1.83. The number of aromatic nitrogens is 1. The number of phenolic OH excluding ortho intramolecular Hbond substituents is 1. The number of rotatable bonds is 4. The van der Waals surface area contributed by atoms with Crippen molar-refractivity contribution in [1.29, 1.82) is 0 Å². The van der Waals surface area contributed by atoms with Crippen LogP contribution in [0.1, 0.15) is 10.4 Å². The van der Waals surface area contributed by atoms with Gasteiger partial charge in [0.1, 0.15) is 18.0 Å². The van der Waals surface area contributed by atoms with E-state index in [1.54, 1.807) is 24.3 Å². The van der Waals surface area contributed by atoms with Crippen molar-refractivity contribution in [2.75, 3.05) is 0 Å². The molecule has 1 heterocycles. The van der Waals surface area contributed by atoms with Crippen LogP contribution < -0.4 is 5.14 Å². The zero-order valence-electron chi connectivity index (χ0n) is 13.7. The van der Waals surface area contributed by atoms with Gasteiger partial charge < -0.3 is 9.29 Å². The molecule has 0 amide bonds. The summed E-state index contributed by atoms with van der Waals surface area (Å²) in [6.07, 6.45) is 0. The zero-order valence-corrected chi connectivity index (χ0v) is 15.3. The van der Waals surface area contributed by atoms with E-state index in [2.05, 4.69) is 15.2 Å². The Hall–Kier alpha value is -3.01. The zero-order chi connectivity index (χ0) is 18.8. The van der Waals surface area contributed by atoms with Crippen LogP contribution in [0.2, 0.25) is 0 Å². The van der Waals surface area contributed by atoms with Crippen LogP contribution in [0.4, 0.5) is 10.8 Å². The summed E-state index contributed by atoms with van der Waals surface area (Å²) in [6, 6.07) is 15.7. The molecule has 4 aromatic rings. The number of azo groups is 1. The molecule has 3 aromatic carbocycles. The molecule has 7 nitrogen and oxygen atoms in total. The van der Waals surface area contributed by atoms with Gasteiger partial charge in [0.2, 0.25) is 5.13 Å². The number of nitrogens with two attached hydrogens (primary N) is 1. The molecule has 0 fully saturated rings. The van der Waals surface area contributed by atoms with Gasteiger partial charge in [0.05, 0.1) is 21.5 Å². The Morgan fingerprint density at radius 3 is 2.78 bits per heavy atom. The van der Waals surface area contributed by atoms with Crippen molar-refractivity contribution in [3.05, 3.63) is 60.2 Å². The lowest BCUT2D eigenvalue weighted by Crippen LogP contribution is -2.02. The molecule has 0 radical (unpaired) electrons. The predicted octanol–water partition coefficient (Wildman–Crippen LogP) is 5.25. The van der Waals surface area contributed by atoms with Crippen LogP contribution in [0.15, 0.2) is 64.8 Å². The van der Waals surface area contributed by atoms with E-state index in [9.17, 15) is 9.90 Å². The smallest absolute Gasteiger partial charge is 0.352 e. The van der Waals surface area contributed by atoms with Crippen LogP contribution >= 0.6 is 23.6 Å². The van der Waals surface area contributed by atoms with Gasteiger partial charge in [-0.15, -0.1) is 10.2 Å². The highest BCUT2D eigenvalue weighted by atomic mass is 32.2. The van der Waals surface area contributed by atoms with Crippen molar-refractivity contribution in [3.8, 4) is 5.75 Å². The fourth-order valence-electron chi connectivity index (χ4n) is 2.71. The number of aromatic hydroxyl groups is 1. The maximum absolute atomic E-state index is 12.2. The summed E-state index contributed by atoms with van der Waals surface area (Å²) < 4.78 is 5.83. The van der Waals surface area contributed by atoms with E-state index in [4.69, 9.17) is 9.32 Å². The van der Waals surface area contributed by atoms with Gasteiger partial charge in [0, 0.05) is 10.8 Å². The third-order valence-electron chi connectivity index (χ3n) is 3.87. The Labute approximate surface area is 161 Å². The van der Waals surface area contributed by atoms with Gasteiger partial charge in [-0.2, -0.15) is 0 Å². The number of carbonyl (C=O) groups is 1. The summed E-state index contributed by atoms with van der Waals surface area (Å²) in [6.45, 7) is 0. The Bertz CT molecular complexity index is 1160. The second-order valence-electron chi connectivity index (χ2n) is 5.46. The number of hydrogen-bond acceptors (Lipinski definition) is 9. The summed E-state index contributed by atoms with van der Waals surface area (Å²) in [5.41, 5.74) is 1.49. The summed E-state index contributed by atoms with van der Waals surface area (Å²) in [5, 5.41) is 25.2. The van der Waals surface area contributed by atoms with Gasteiger partial charge in [0.25, 0.3) is 0 Å². The number of hydrogen-bond donors (Lipinski definition) is 2. The van der Waals surface area contributed by atoms with Crippen LogP contribution in [0, 0.1) is 0 Å². The second kappa shape index (κ2) is 7.31. The number of benzene rings is 3. The molecule has 0 atom stereocenters. The van der Waals surface area contributed by atoms with Crippen molar-refractivity contribution >= 4 is 61.3 Å². The Morgan fingerprint density at radius 1 is 1.11 bits per heavy atom. The number of carbonyl (C=O) groups excluding carboxylic acids is 1. The topological polar surface area (TPSA) is 110 Å². The van der Waals surface area contributed by atoms with E-state index >= 15 is 0 Å². The molecule has 0 saturated heterocycles. The van der Waals surface area contributed by atoms with Crippen molar-refractivity contribution in [3.63, 3.8) is 0 Å². The number of fused-ring (bicyclic) bond motifs is 2. The second-order valence-corrected chi connectivity index (χ2v) is 6.83. The third-order valence-corrected chi connectivity index (χ3v) is 5.03. The van der Waals surface area contributed by atoms with E-state index in [1.165, 1.54) is 17.4 Å². The summed E-state index contributed by atoms with van der Waals surface area (Å²) in [4.78, 5) is 16.6. The molecule has 3 N–H and O–H groups in total. The van der Waals surface area contributed by atoms with Crippen LogP contribution in [0.25, 0.3) is 21.0 Å². The van der Waals surface area contributed by atoms with Gasteiger partial charge in [0.15, 0.2) is 0 Å². The first-order chi connectivity index (χ1) is 13.2. The molecule has 0 aliphatic rings. The highest BCUT2D eigenvalue weighted by Gasteiger charge is 2.17. The standard InChI is InChI=1S/C18H12N4O3S2/c19-27-25-17(24)11-5-3-4-10-14(23)9-8-13(16(10)11)21-22-18-20-12-6-1-2-7-15(12)26-18/h1-9,23H,19H2. The van der Waals surface area contributed by atoms with Crippen LogP contribution in [-0.2, 0) is 4.18 Å². The van der Waals surface area contributed by atoms with E-state index in [0.29, 0.717) is 33.8 Å². The molecular weight excluding hydrogens is 384 g/mol. The first-order valence-electron chi connectivity index (χ1n) is 7.77. The lowest BCUT2D eigenvalue weighted by atomic mass is 10.0. The van der Waals surface area contributed by atoms with Crippen LogP contribution in [-0.4, -0.2) is 16.1 Å². The molecule has 27 heavy (non-hydrogen) atoms. The number of nitrogens with zero attached hydrogens (tertiary/aromatic N) is 3. The lowest BCUT2D eigenvalue weighted by molar-refractivity contribution is 0.0770. The number of phenols is 1. The average Bonchev–Trinajstić information content (AvgIpc) is 3.10. The Kier molecular flexibility index (Phi) is 4.71. The molecule has 0 bridgehead atoms. The quantitative estimate of drug-likeness (QED) is 0.277. The van der Waals surface area contributed by atoms with E-state index < -0.39 is 5.97 Å². The Morgan fingerprint density at radius 2 is 1.96 bits per heavy atom. The van der Waals surface area contributed by atoms with E-state index in [1.807, 2.05) is 24.3 Å². The highest BCUT2D eigenvalue weighted by molar-refractivity contribution is 7.92. The van der Waals surface area contributed by atoms with E-state index in [-0.39, 0.29) is 11.3 Å². The van der Waals surface area contributed by atoms with Crippen molar-refractivity contribution < 1.29 is 14.1 Å². The number of thiazole rings is 1. The van der Waals surface area contributed by atoms with Gasteiger partial charge in [-0.05, 0) is 30.3 Å². The minimum Gasteiger partial charge on any atom is -0.507 e. The maximum Gasteiger partial charge on any atom is 0.352 e. The fraction of sp³-hybridized carbons (Fsp3) is 0. The summed E-state index contributed by atoms with van der Waals surface area (Å²) in [7, 11) is 0. The maximum atomic E-state index is 12.2. The lowest BCUT2D eigenvalue weighted by Gasteiger charge is -2.08.